The number of halogens is 1. The van der Waals surface area contributed by atoms with E-state index in [1.807, 2.05) is 0 Å². The van der Waals surface area contributed by atoms with Crippen LogP contribution in [0.5, 0.6) is 5.75 Å². The topological polar surface area (TPSA) is 64.3 Å². The molecule has 21 heavy (non-hydrogen) atoms. The lowest BCUT2D eigenvalue weighted by Gasteiger charge is -2.10. The number of carbonyl (C=O) groups excluding carboxylic acids is 1. The molecule has 2 aromatic rings. The molecule has 4 nitrogen and oxygen atoms in total. The first-order chi connectivity index (χ1) is 10.0. The van der Waals surface area contributed by atoms with E-state index in [1.165, 1.54) is 7.11 Å². The van der Waals surface area contributed by atoms with Gasteiger partial charge in [0.25, 0.3) is 5.91 Å². The summed E-state index contributed by atoms with van der Waals surface area (Å²) in [5.74, 6) is 0.106. The molecule has 0 unspecified atom stereocenters. The molecule has 0 bridgehead atoms. The second kappa shape index (κ2) is 6.56. The van der Waals surface area contributed by atoms with Crippen LogP contribution < -0.4 is 15.8 Å². The molecule has 0 aromatic heterocycles. The van der Waals surface area contributed by atoms with E-state index < -0.39 is 0 Å². The fraction of sp³-hybridized carbons (Fsp3) is 0.0667. The molecule has 6 heteroatoms. The van der Waals surface area contributed by atoms with Crippen LogP contribution in [-0.2, 0) is 0 Å². The Morgan fingerprint density at radius 3 is 2.71 bits per heavy atom. The predicted octanol–water partition coefficient (Wildman–Crippen LogP) is 3.24. The summed E-state index contributed by atoms with van der Waals surface area (Å²) in [5, 5.41) is 3.27. The number of methoxy groups -OCH3 is 1. The highest BCUT2D eigenvalue weighted by Gasteiger charge is 2.13. The summed E-state index contributed by atoms with van der Waals surface area (Å²) in [7, 11) is 1.48. The summed E-state index contributed by atoms with van der Waals surface area (Å²) in [6.07, 6.45) is 0. The van der Waals surface area contributed by atoms with E-state index >= 15 is 0 Å². The second-order valence-electron chi connectivity index (χ2n) is 4.24. The first-order valence-corrected chi connectivity index (χ1v) is 6.84. The number of hydrogen-bond acceptors (Lipinski definition) is 3. The molecule has 0 aliphatic rings. The van der Waals surface area contributed by atoms with Gasteiger partial charge in [0.15, 0.2) is 0 Å². The predicted molar refractivity (Wildman–Crippen MR) is 88.3 cm³/mol. The third-order valence-electron chi connectivity index (χ3n) is 2.81. The van der Waals surface area contributed by atoms with Crippen LogP contribution in [0.25, 0.3) is 0 Å². The average Bonchev–Trinajstić information content (AvgIpc) is 2.47. The molecule has 3 N–H and O–H groups in total. The number of rotatable bonds is 4. The highest BCUT2D eigenvalue weighted by atomic mass is 35.5. The van der Waals surface area contributed by atoms with Crippen LogP contribution in [0.3, 0.4) is 0 Å². The van der Waals surface area contributed by atoms with Crippen molar-refractivity contribution in [2.75, 3.05) is 12.4 Å². The highest BCUT2D eigenvalue weighted by molar-refractivity contribution is 7.80. The van der Waals surface area contributed by atoms with Gasteiger partial charge in [-0.25, -0.2) is 0 Å². The Kier molecular flexibility index (Phi) is 4.77. The average molecular weight is 321 g/mol. The Morgan fingerprint density at radius 2 is 2.05 bits per heavy atom. The van der Waals surface area contributed by atoms with Gasteiger partial charge in [-0.15, -0.1) is 0 Å². The van der Waals surface area contributed by atoms with Gasteiger partial charge < -0.3 is 15.8 Å². The Bertz CT molecular complexity index is 704. The molecule has 0 fully saturated rings. The summed E-state index contributed by atoms with van der Waals surface area (Å²) in [4.78, 5) is 12.6. The molecular weight excluding hydrogens is 308 g/mol. The van der Waals surface area contributed by atoms with Gasteiger partial charge in [-0.05, 0) is 30.3 Å². The Labute approximate surface area is 132 Å². The number of amides is 1. The van der Waals surface area contributed by atoms with Crippen molar-refractivity contribution < 1.29 is 9.53 Å². The van der Waals surface area contributed by atoms with Crippen molar-refractivity contribution in [1.29, 1.82) is 0 Å². The molecular formula is C15H13ClN2O2S. The van der Waals surface area contributed by atoms with Gasteiger partial charge in [-0.3, -0.25) is 4.79 Å². The van der Waals surface area contributed by atoms with Crippen LogP contribution >= 0.6 is 23.8 Å². The van der Waals surface area contributed by atoms with Gasteiger partial charge in [0.1, 0.15) is 10.7 Å². The Hall–Kier alpha value is -2.11. The number of nitrogens with one attached hydrogen (secondary N) is 1. The molecule has 0 spiro atoms. The van der Waals surface area contributed by atoms with Crippen molar-refractivity contribution in [2.45, 2.75) is 0 Å². The lowest BCUT2D eigenvalue weighted by atomic mass is 10.1. The molecule has 2 aromatic carbocycles. The van der Waals surface area contributed by atoms with Crippen LogP contribution in [0, 0.1) is 0 Å². The van der Waals surface area contributed by atoms with Crippen molar-refractivity contribution >= 4 is 40.4 Å². The fourth-order valence-corrected chi connectivity index (χ4v) is 2.09. The fourth-order valence-electron chi connectivity index (χ4n) is 1.80. The number of hydrogen-bond donors (Lipinski definition) is 2. The lowest BCUT2D eigenvalue weighted by Crippen LogP contribution is -2.14. The minimum Gasteiger partial charge on any atom is -0.496 e. The van der Waals surface area contributed by atoms with Crippen molar-refractivity contribution in [3.63, 3.8) is 0 Å². The van der Waals surface area contributed by atoms with Gasteiger partial charge in [0, 0.05) is 16.3 Å². The van der Waals surface area contributed by atoms with Crippen LogP contribution in [0.1, 0.15) is 15.9 Å². The molecule has 0 atom stereocenters. The molecule has 2 rings (SSSR count). The van der Waals surface area contributed by atoms with Crippen LogP contribution in [0.2, 0.25) is 5.02 Å². The minimum absolute atomic E-state index is 0.273. The molecule has 108 valence electrons. The number of ether oxygens (including phenoxy) is 1. The highest BCUT2D eigenvalue weighted by Crippen LogP contribution is 2.24. The van der Waals surface area contributed by atoms with E-state index in [-0.39, 0.29) is 10.9 Å². The van der Waals surface area contributed by atoms with Crippen molar-refractivity contribution in [3.8, 4) is 5.75 Å². The monoisotopic (exact) mass is 320 g/mol. The maximum absolute atomic E-state index is 12.3. The Balaban J connectivity index is 2.26. The maximum Gasteiger partial charge on any atom is 0.259 e. The molecule has 0 aliphatic carbocycles. The molecule has 0 heterocycles. The third-order valence-corrected chi connectivity index (χ3v) is 3.28. The smallest absolute Gasteiger partial charge is 0.259 e. The van der Waals surface area contributed by atoms with E-state index in [4.69, 9.17) is 34.3 Å². The quantitative estimate of drug-likeness (QED) is 0.849. The molecule has 0 saturated carbocycles. The van der Waals surface area contributed by atoms with Gasteiger partial charge in [0.05, 0.1) is 12.7 Å². The molecule has 0 saturated heterocycles. The second-order valence-corrected chi connectivity index (χ2v) is 5.12. The minimum atomic E-state index is -0.302. The summed E-state index contributed by atoms with van der Waals surface area (Å²) in [6, 6.07) is 11.8. The van der Waals surface area contributed by atoms with Crippen molar-refractivity contribution in [3.05, 3.63) is 58.6 Å². The van der Waals surface area contributed by atoms with Crippen LogP contribution in [-0.4, -0.2) is 18.0 Å². The van der Waals surface area contributed by atoms with Gasteiger partial charge in [-0.1, -0.05) is 36.0 Å². The molecule has 1 amide bonds. The largest absolute Gasteiger partial charge is 0.496 e. The summed E-state index contributed by atoms with van der Waals surface area (Å²) >= 11 is 10.8. The number of thiocarbonyl (C=S) groups is 1. The van der Waals surface area contributed by atoms with E-state index in [0.29, 0.717) is 27.6 Å². The number of nitrogens with two attached hydrogens (primary N) is 1. The number of anilines is 1. The standard InChI is InChI=1S/C15H13ClN2O2S/c1-20-13-8-10(16)5-6-12(13)15(19)18-11-4-2-3-9(7-11)14(17)21/h2-8H,1H3,(H2,17,21)(H,18,19). The zero-order valence-corrected chi connectivity index (χ0v) is 12.8. The normalized spacial score (nSPS) is 10.0. The van der Waals surface area contributed by atoms with Crippen LogP contribution in [0.4, 0.5) is 5.69 Å². The maximum atomic E-state index is 12.3. The Morgan fingerprint density at radius 1 is 1.29 bits per heavy atom. The third kappa shape index (κ3) is 3.71. The first-order valence-electron chi connectivity index (χ1n) is 6.06. The lowest BCUT2D eigenvalue weighted by molar-refractivity contribution is 0.102. The van der Waals surface area contributed by atoms with Gasteiger partial charge in [0.2, 0.25) is 0 Å². The number of carbonyl (C=O) groups is 1. The molecule has 0 radical (unpaired) electrons. The van der Waals surface area contributed by atoms with Gasteiger partial charge in [-0.2, -0.15) is 0 Å². The number of benzene rings is 2. The van der Waals surface area contributed by atoms with Crippen LogP contribution in [0.15, 0.2) is 42.5 Å². The summed E-state index contributed by atoms with van der Waals surface area (Å²) in [5.41, 5.74) is 7.25. The zero-order chi connectivity index (χ0) is 15.4. The van der Waals surface area contributed by atoms with E-state index in [1.54, 1.807) is 42.5 Å². The van der Waals surface area contributed by atoms with Crippen molar-refractivity contribution in [1.82, 2.24) is 0 Å². The zero-order valence-electron chi connectivity index (χ0n) is 11.2. The SMILES string of the molecule is COc1cc(Cl)ccc1C(=O)Nc1cccc(C(N)=S)c1. The van der Waals surface area contributed by atoms with Crippen molar-refractivity contribution in [2.24, 2.45) is 5.73 Å². The van der Waals surface area contributed by atoms with E-state index in [0.717, 1.165) is 0 Å². The summed E-state index contributed by atoms with van der Waals surface area (Å²) < 4.78 is 5.16. The van der Waals surface area contributed by atoms with E-state index in [2.05, 4.69) is 5.32 Å². The first kappa shape index (κ1) is 15.3. The van der Waals surface area contributed by atoms with Gasteiger partial charge >= 0.3 is 0 Å². The molecule has 0 aliphatic heterocycles. The summed E-state index contributed by atoms with van der Waals surface area (Å²) in [6.45, 7) is 0. The van der Waals surface area contributed by atoms with E-state index in [9.17, 15) is 4.79 Å².